The monoisotopic (exact) mass is 626 g/mol. The van der Waals surface area contributed by atoms with Crippen LogP contribution in [0.25, 0.3) is 11.0 Å². The van der Waals surface area contributed by atoms with Gasteiger partial charge in [-0.15, -0.1) is 0 Å². The number of carbonyl (C=O) groups excluding carboxylic acids is 1. The highest BCUT2D eigenvalue weighted by molar-refractivity contribution is 5.95. The number of pyridine rings is 1. The fourth-order valence-corrected chi connectivity index (χ4v) is 6.56. The molecule has 2 aliphatic rings. The van der Waals surface area contributed by atoms with E-state index in [2.05, 4.69) is 26.3 Å². The molecule has 0 amide bonds. The normalized spacial score (nSPS) is 18.8. The van der Waals surface area contributed by atoms with Gasteiger partial charge in [0.05, 0.1) is 47.4 Å². The number of piperidine rings is 1. The number of ether oxygens (including phenoxy) is 3. The van der Waals surface area contributed by atoms with Gasteiger partial charge in [0.25, 0.3) is 0 Å². The predicted octanol–water partition coefficient (Wildman–Crippen LogP) is 5.68. The molecular weight excluding hydrogens is 587 g/mol. The zero-order chi connectivity index (χ0) is 32.0. The quantitative estimate of drug-likeness (QED) is 0.194. The lowest BCUT2D eigenvalue weighted by molar-refractivity contribution is -0.0124. The van der Waals surface area contributed by atoms with Crippen LogP contribution in [0.15, 0.2) is 54.9 Å². The largest absolute Gasteiger partial charge is 0.484 e. The topological polar surface area (TPSA) is 106 Å². The van der Waals surface area contributed by atoms with Crippen LogP contribution in [-0.2, 0) is 24.4 Å². The van der Waals surface area contributed by atoms with Gasteiger partial charge in [0.1, 0.15) is 6.61 Å². The molecule has 2 aromatic heterocycles. The fraction of sp³-hybridized carbons (Fsp3) is 0.429. The molecule has 6 rings (SSSR count). The molecule has 2 atom stereocenters. The molecule has 0 aliphatic carbocycles. The van der Waals surface area contributed by atoms with Crippen molar-refractivity contribution >= 4 is 17.0 Å². The summed E-state index contributed by atoms with van der Waals surface area (Å²) in [4.78, 5) is 27.0. The predicted molar refractivity (Wildman–Crippen MR) is 170 cm³/mol. The molecule has 11 heteroatoms. The number of carbonyl (C=O) groups is 1. The SMILES string of the molecule is CCN1CCCC1Cn1cnc2c(CN3CCCCC3Oc3cccc(COc4ccc(C#N)cc4F)n3)cc(C(=O)OC)cc21. The molecule has 46 heavy (non-hydrogen) atoms. The van der Waals surface area contributed by atoms with Crippen LogP contribution in [0.3, 0.4) is 0 Å². The molecule has 2 unspecified atom stereocenters. The van der Waals surface area contributed by atoms with Gasteiger partial charge in [0.15, 0.2) is 17.8 Å². The van der Waals surface area contributed by atoms with Crippen LogP contribution in [0.1, 0.15) is 66.2 Å². The Hall–Kier alpha value is -4.53. The van der Waals surface area contributed by atoms with Crippen molar-refractivity contribution in [3.05, 3.63) is 83.1 Å². The lowest BCUT2D eigenvalue weighted by atomic mass is 10.0. The van der Waals surface area contributed by atoms with Crippen LogP contribution in [0, 0.1) is 17.1 Å². The number of benzene rings is 2. The second-order valence-corrected chi connectivity index (χ2v) is 11.9. The first kappa shape index (κ1) is 31.5. The third kappa shape index (κ3) is 6.98. The van der Waals surface area contributed by atoms with Crippen molar-refractivity contribution in [1.82, 2.24) is 24.3 Å². The second kappa shape index (κ2) is 14.3. The van der Waals surface area contributed by atoms with Crippen LogP contribution in [0.5, 0.6) is 11.6 Å². The molecule has 0 bridgehead atoms. The third-order valence-corrected chi connectivity index (χ3v) is 8.94. The van der Waals surface area contributed by atoms with Gasteiger partial charge in [-0.3, -0.25) is 9.80 Å². The molecule has 2 aliphatic heterocycles. The van der Waals surface area contributed by atoms with Gasteiger partial charge in [0.2, 0.25) is 5.88 Å². The van der Waals surface area contributed by atoms with E-state index < -0.39 is 5.82 Å². The molecule has 2 fully saturated rings. The number of nitriles is 1. The Bertz CT molecular complexity index is 1740. The summed E-state index contributed by atoms with van der Waals surface area (Å²) in [6.45, 7) is 6.58. The van der Waals surface area contributed by atoms with E-state index in [1.165, 1.54) is 25.7 Å². The lowest BCUT2D eigenvalue weighted by Gasteiger charge is -2.35. The molecule has 2 aromatic carbocycles. The van der Waals surface area contributed by atoms with E-state index in [9.17, 15) is 9.18 Å². The number of halogens is 1. The Morgan fingerprint density at radius 3 is 2.76 bits per heavy atom. The van der Waals surface area contributed by atoms with E-state index in [4.69, 9.17) is 24.5 Å². The van der Waals surface area contributed by atoms with Crippen molar-refractivity contribution in [2.24, 2.45) is 0 Å². The van der Waals surface area contributed by atoms with Crippen molar-refractivity contribution in [1.29, 1.82) is 5.26 Å². The average molecular weight is 627 g/mol. The number of imidazole rings is 1. The van der Waals surface area contributed by atoms with E-state index in [1.54, 1.807) is 12.1 Å². The Labute approximate surface area is 268 Å². The first-order valence-corrected chi connectivity index (χ1v) is 15.9. The van der Waals surface area contributed by atoms with E-state index in [0.717, 1.165) is 74.5 Å². The third-order valence-electron chi connectivity index (χ3n) is 8.94. The molecule has 0 spiro atoms. The number of aromatic nitrogens is 3. The van der Waals surface area contributed by atoms with E-state index >= 15 is 0 Å². The maximum Gasteiger partial charge on any atom is 0.337 e. The van der Waals surface area contributed by atoms with Gasteiger partial charge in [-0.2, -0.15) is 5.26 Å². The fourth-order valence-electron chi connectivity index (χ4n) is 6.56. The number of likely N-dealkylation sites (tertiary alicyclic amines) is 2. The van der Waals surface area contributed by atoms with Crippen molar-refractivity contribution in [3.63, 3.8) is 0 Å². The smallest absolute Gasteiger partial charge is 0.337 e. The van der Waals surface area contributed by atoms with Crippen LogP contribution in [-0.4, -0.2) is 69.3 Å². The van der Waals surface area contributed by atoms with E-state index in [-0.39, 0.29) is 30.1 Å². The summed E-state index contributed by atoms with van der Waals surface area (Å²) < 4.78 is 33.7. The molecule has 10 nitrogen and oxygen atoms in total. The number of rotatable bonds is 11. The number of fused-ring (bicyclic) bond motifs is 1. The average Bonchev–Trinajstić information content (AvgIpc) is 3.71. The minimum atomic E-state index is -0.596. The zero-order valence-electron chi connectivity index (χ0n) is 26.3. The number of nitrogens with zero attached hydrogens (tertiary/aromatic N) is 6. The van der Waals surface area contributed by atoms with E-state index in [0.29, 0.717) is 29.7 Å². The van der Waals surface area contributed by atoms with Crippen molar-refractivity contribution in [3.8, 4) is 17.7 Å². The second-order valence-electron chi connectivity index (χ2n) is 11.9. The van der Waals surface area contributed by atoms with Crippen molar-refractivity contribution < 1.29 is 23.4 Å². The minimum Gasteiger partial charge on any atom is -0.484 e. The van der Waals surface area contributed by atoms with Gasteiger partial charge in [-0.05, 0) is 87.2 Å². The number of hydrogen-bond donors (Lipinski definition) is 0. The van der Waals surface area contributed by atoms with Crippen molar-refractivity contribution in [2.45, 2.75) is 71.0 Å². The highest BCUT2D eigenvalue weighted by Crippen LogP contribution is 2.29. The summed E-state index contributed by atoms with van der Waals surface area (Å²) in [6, 6.07) is 15.7. The minimum absolute atomic E-state index is 0.0479. The van der Waals surface area contributed by atoms with Crippen LogP contribution < -0.4 is 9.47 Å². The van der Waals surface area contributed by atoms with Gasteiger partial charge in [-0.25, -0.2) is 19.2 Å². The summed E-state index contributed by atoms with van der Waals surface area (Å²) in [5.41, 5.74) is 4.09. The number of methoxy groups -OCH3 is 1. The maximum atomic E-state index is 14.3. The Morgan fingerprint density at radius 1 is 1.09 bits per heavy atom. The summed E-state index contributed by atoms with van der Waals surface area (Å²) in [6.07, 6.45) is 6.87. The molecular formula is C35H39FN6O4. The summed E-state index contributed by atoms with van der Waals surface area (Å²) in [7, 11) is 1.41. The lowest BCUT2D eigenvalue weighted by Crippen LogP contribution is -2.42. The summed E-state index contributed by atoms with van der Waals surface area (Å²) >= 11 is 0. The van der Waals surface area contributed by atoms with Crippen LogP contribution in [0.4, 0.5) is 4.39 Å². The van der Waals surface area contributed by atoms with Gasteiger partial charge in [0, 0.05) is 31.7 Å². The first-order chi connectivity index (χ1) is 22.4. The Kier molecular flexibility index (Phi) is 9.76. The number of hydrogen-bond acceptors (Lipinski definition) is 9. The summed E-state index contributed by atoms with van der Waals surface area (Å²) in [5, 5.41) is 8.97. The molecule has 0 radical (unpaired) electrons. The molecule has 240 valence electrons. The molecule has 0 saturated carbocycles. The summed E-state index contributed by atoms with van der Waals surface area (Å²) in [5.74, 6) is -0.462. The van der Waals surface area contributed by atoms with E-state index in [1.807, 2.05) is 30.6 Å². The zero-order valence-corrected chi connectivity index (χ0v) is 26.3. The van der Waals surface area contributed by atoms with Crippen molar-refractivity contribution in [2.75, 3.05) is 26.7 Å². The Balaban J connectivity index is 1.20. The molecule has 0 N–H and O–H groups in total. The highest BCUT2D eigenvalue weighted by atomic mass is 19.1. The Morgan fingerprint density at radius 2 is 1.96 bits per heavy atom. The van der Waals surface area contributed by atoms with Gasteiger partial charge >= 0.3 is 5.97 Å². The van der Waals surface area contributed by atoms with Gasteiger partial charge < -0.3 is 18.8 Å². The van der Waals surface area contributed by atoms with Crippen LogP contribution in [0.2, 0.25) is 0 Å². The molecule has 4 heterocycles. The number of likely N-dealkylation sites (N-methyl/N-ethyl adjacent to an activating group) is 1. The van der Waals surface area contributed by atoms with Gasteiger partial charge in [-0.1, -0.05) is 13.0 Å². The maximum absolute atomic E-state index is 14.3. The highest BCUT2D eigenvalue weighted by Gasteiger charge is 2.28. The molecule has 4 aromatic rings. The first-order valence-electron chi connectivity index (χ1n) is 15.9. The number of esters is 1. The molecule has 2 saturated heterocycles. The standard InChI is InChI=1S/C35H39FN6O4/c1-3-40-15-7-9-28(40)21-42-23-38-34-26(17-25(18-30(34)42)35(43)44-2)20-41-14-5-4-11-33(41)46-32-10-6-8-27(39-32)22-45-31-13-12-24(19-37)16-29(31)36/h6,8,10,12-13,16-18,23,28,33H,3-5,7,9,11,14-15,20-22H2,1-2H3. The van der Waals surface area contributed by atoms with Crippen LogP contribution >= 0.6 is 0 Å².